The second-order valence-electron chi connectivity index (χ2n) is 3.49. The molecule has 0 heterocycles. The van der Waals surface area contributed by atoms with Crippen LogP contribution >= 0.6 is 11.6 Å². The summed E-state index contributed by atoms with van der Waals surface area (Å²) < 4.78 is 5.37. The Morgan fingerprint density at radius 3 is 2.87 bits per heavy atom. The van der Waals surface area contributed by atoms with Crippen molar-refractivity contribution in [2.45, 2.75) is 20.3 Å². The molecule has 0 bridgehead atoms. The second kappa shape index (κ2) is 5.76. The van der Waals surface area contributed by atoms with Gasteiger partial charge in [-0.2, -0.15) is 0 Å². The summed E-state index contributed by atoms with van der Waals surface area (Å²) in [5.74, 6) is 0.688. The standard InChI is InChI=1S/C12H15ClO2/c1-3-15-11-6-4-5-10(8-11)7-9(2)12(13)14/h4-6,8-9H,3,7H2,1-2H3. The molecular weight excluding hydrogens is 212 g/mol. The van der Waals surface area contributed by atoms with E-state index in [0.29, 0.717) is 13.0 Å². The van der Waals surface area contributed by atoms with Gasteiger partial charge in [0.1, 0.15) is 5.75 Å². The second-order valence-corrected chi connectivity index (χ2v) is 3.86. The van der Waals surface area contributed by atoms with E-state index in [0.717, 1.165) is 11.3 Å². The van der Waals surface area contributed by atoms with Gasteiger partial charge in [-0.3, -0.25) is 4.79 Å². The maximum absolute atomic E-state index is 10.9. The van der Waals surface area contributed by atoms with Crippen LogP contribution in [0, 0.1) is 5.92 Å². The minimum atomic E-state index is -0.295. The van der Waals surface area contributed by atoms with E-state index in [1.165, 1.54) is 0 Å². The maximum atomic E-state index is 10.9. The van der Waals surface area contributed by atoms with E-state index in [1.807, 2.05) is 38.1 Å². The van der Waals surface area contributed by atoms with E-state index in [2.05, 4.69) is 0 Å². The van der Waals surface area contributed by atoms with E-state index >= 15 is 0 Å². The Morgan fingerprint density at radius 1 is 1.53 bits per heavy atom. The van der Waals surface area contributed by atoms with Crippen molar-refractivity contribution in [2.75, 3.05) is 6.61 Å². The third-order valence-corrected chi connectivity index (χ3v) is 2.51. The first-order valence-electron chi connectivity index (χ1n) is 5.04. The minimum absolute atomic E-state index is 0.149. The summed E-state index contributed by atoms with van der Waals surface area (Å²) >= 11 is 5.41. The zero-order chi connectivity index (χ0) is 11.3. The molecule has 0 spiro atoms. The molecule has 15 heavy (non-hydrogen) atoms. The molecule has 0 fully saturated rings. The van der Waals surface area contributed by atoms with Gasteiger partial charge in [0.15, 0.2) is 0 Å². The maximum Gasteiger partial charge on any atom is 0.224 e. The van der Waals surface area contributed by atoms with E-state index < -0.39 is 0 Å². The molecule has 0 aliphatic heterocycles. The van der Waals surface area contributed by atoms with Crippen molar-refractivity contribution in [3.8, 4) is 5.75 Å². The number of carbonyl (C=O) groups is 1. The van der Waals surface area contributed by atoms with Crippen molar-refractivity contribution in [3.63, 3.8) is 0 Å². The van der Waals surface area contributed by atoms with Gasteiger partial charge in [0.05, 0.1) is 6.61 Å². The molecule has 0 saturated heterocycles. The fourth-order valence-corrected chi connectivity index (χ4v) is 1.44. The largest absolute Gasteiger partial charge is 0.494 e. The first-order chi connectivity index (χ1) is 7.13. The molecule has 2 nitrogen and oxygen atoms in total. The van der Waals surface area contributed by atoms with Crippen LogP contribution in [0.1, 0.15) is 19.4 Å². The van der Waals surface area contributed by atoms with Crippen molar-refractivity contribution in [1.29, 1.82) is 0 Å². The lowest BCUT2D eigenvalue weighted by Gasteiger charge is -2.08. The zero-order valence-electron chi connectivity index (χ0n) is 9.00. The van der Waals surface area contributed by atoms with Gasteiger partial charge < -0.3 is 4.74 Å². The summed E-state index contributed by atoms with van der Waals surface area (Å²) in [7, 11) is 0. The van der Waals surface area contributed by atoms with Gasteiger partial charge in [-0.15, -0.1) is 0 Å². The predicted octanol–water partition coefficient (Wildman–Crippen LogP) is 3.03. The normalized spacial score (nSPS) is 12.2. The van der Waals surface area contributed by atoms with Crippen LogP contribution in [0.3, 0.4) is 0 Å². The van der Waals surface area contributed by atoms with Gasteiger partial charge in [0.2, 0.25) is 5.24 Å². The van der Waals surface area contributed by atoms with Crippen molar-refractivity contribution in [2.24, 2.45) is 5.92 Å². The van der Waals surface area contributed by atoms with Gasteiger partial charge in [-0.1, -0.05) is 19.1 Å². The van der Waals surface area contributed by atoms with E-state index in [4.69, 9.17) is 16.3 Å². The molecule has 1 aromatic rings. The number of hydrogen-bond acceptors (Lipinski definition) is 2. The van der Waals surface area contributed by atoms with Crippen LogP contribution in [0.25, 0.3) is 0 Å². The van der Waals surface area contributed by atoms with Gasteiger partial charge in [-0.25, -0.2) is 0 Å². The summed E-state index contributed by atoms with van der Waals surface area (Å²) in [4.78, 5) is 10.9. The number of ether oxygens (including phenoxy) is 1. The first kappa shape index (κ1) is 12.1. The molecular formula is C12H15ClO2. The third kappa shape index (κ3) is 3.92. The highest BCUT2D eigenvalue weighted by Crippen LogP contribution is 2.17. The molecule has 1 unspecified atom stereocenters. The Hall–Kier alpha value is -1.02. The van der Waals surface area contributed by atoms with Crippen LogP contribution < -0.4 is 4.74 Å². The quantitative estimate of drug-likeness (QED) is 0.722. The molecule has 0 aliphatic carbocycles. The molecule has 1 atom stereocenters. The third-order valence-electron chi connectivity index (χ3n) is 2.14. The minimum Gasteiger partial charge on any atom is -0.494 e. The molecule has 1 rings (SSSR count). The fraction of sp³-hybridized carbons (Fsp3) is 0.417. The number of halogens is 1. The lowest BCUT2D eigenvalue weighted by molar-refractivity contribution is -0.114. The highest BCUT2D eigenvalue weighted by atomic mass is 35.5. The van der Waals surface area contributed by atoms with Crippen LogP contribution in [0.2, 0.25) is 0 Å². The summed E-state index contributed by atoms with van der Waals surface area (Å²) in [5.41, 5.74) is 1.07. The average molecular weight is 227 g/mol. The number of hydrogen-bond donors (Lipinski definition) is 0. The Morgan fingerprint density at radius 2 is 2.27 bits per heavy atom. The van der Waals surface area contributed by atoms with Crippen LogP contribution in [0.15, 0.2) is 24.3 Å². The van der Waals surface area contributed by atoms with Gasteiger partial charge in [0.25, 0.3) is 0 Å². The van der Waals surface area contributed by atoms with E-state index in [9.17, 15) is 4.79 Å². The Labute approximate surface area is 95.2 Å². The van der Waals surface area contributed by atoms with Crippen LogP contribution in [-0.4, -0.2) is 11.8 Å². The average Bonchev–Trinajstić information content (AvgIpc) is 2.18. The highest BCUT2D eigenvalue weighted by molar-refractivity contribution is 6.63. The van der Waals surface area contributed by atoms with E-state index in [-0.39, 0.29) is 11.2 Å². The van der Waals surface area contributed by atoms with Crippen LogP contribution in [0.4, 0.5) is 0 Å². The molecule has 0 aromatic heterocycles. The van der Waals surface area contributed by atoms with Crippen molar-refractivity contribution in [3.05, 3.63) is 29.8 Å². The molecule has 82 valence electrons. The number of rotatable bonds is 5. The monoisotopic (exact) mass is 226 g/mol. The topological polar surface area (TPSA) is 26.3 Å². The molecule has 1 aromatic carbocycles. The summed E-state index contributed by atoms with van der Waals surface area (Å²) in [6.45, 7) is 4.41. The molecule has 0 N–H and O–H groups in total. The highest BCUT2D eigenvalue weighted by Gasteiger charge is 2.10. The first-order valence-corrected chi connectivity index (χ1v) is 5.42. The van der Waals surface area contributed by atoms with Crippen molar-refractivity contribution in [1.82, 2.24) is 0 Å². The summed E-state index contributed by atoms with van der Waals surface area (Å²) in [6, 6.07) is 7.74. The Bertz CT molecular complexity index is 336. The summed E-state index contributed by atoms with van der Waals surface area (Å²) in [6.07, 6.45) is 0.656. The van der Waals surface area contributed by atoms with Crippen LogP contribution in [-0.2, 0) is 11.2 Å². The summed E-state index contributed by atoms with van der Waals surface area (Å²) in [5, 5.41) is -0.295. The van der Waals surface area contributed by atoms with Crippen LogP contribution in [0.5, 0.6) is 5.75 Å². The number of benzene rings is 1. The van der Waals surface area contributed by atoms with Crippen molar-refractivity contribution < 1.29 is 9.53 Å². The molecule has 0 amide bonds. The fourth-order valence-electron chi connectivity index (χ4n) is 1.36. The van der Waals surface area contributed by atoms with Gasteiger partial charge >= 0.3 is 0 Å². The molecule has 0 saturated carbocycles. The SMILES string of the molecule is CCOc1cccc(CC(C)C(=O)Cl)c1. The molecule has 0 aliphatic rings. The lowest BCUT2D eigenvalue weighted by Crippen LogP contribution is -2.07. The smallest absolute Gasteiger partial charge is 0.224 e. The zero-order valence-corrected chi connectivity index (χ0v) is 9.75. The van der Waals surface area contributed by atoms with E-state index in [1.54, 1.807) is 0 Å². The predicted molar refractivity (Wildman–Crippen MR) is 61.3 cm³/mol. The molecule has 3 heteroatoms. The Balaban J connectivity index is 2.68. The number of carbonyl (C=O) groups excluding carboxylic acids is 1. The Kier molecular flexibility index (Phi) is 4.63. The lowest BCUT2D eigenvalue weighted by atomic mass is 10.0. The molecule has 0 radical (unpaired) electrons. The van der Waals surface area contributed by atoms with Gasteiger partial charge in [0, 0.05) is 5.92 Å². The van der Waals surface area contributed by atoms with Gasteiger partial charge in [-0.05, 0) is 42.6 Å². The van der Waals surface area contributed by atoms with Crippen molar-refractivity contribution >= 4 is 16.8 Å².